The zero-order chi connectivity index (χ0) is 15.5. The predicted octanol–water partition coefficient (Wildman–Crippen LogP) is 0.671. The summed E-state index contributed by atoms with van der Waals surface area (Å²) in [6.45, 7) is 2.62. The van der Waals surface area contributed by atoms with Gasteiger partial charge in [0.2, 0.25) is 17.6 Å². The van der Waals surface area contributed by atoms with Gasteiger partial charge in [-0.15, -0.1) is 0 Å². The first-order valence-corrected chi connectivity index (χ1v) is 7.00. The highest BCUT2D eigenvalue weighted by molar-refractivity contribution is 5.91. The van der Waals surface area contributed by atoms with Crippen molar-refractivity contribution in [2.24, 2.45) is 0 Å². The van der Waals surface area contributed by atoms with Crippen LogP contribution in [0.3, 0.4) is 0 Å². The van der Waals surface area contributed by atoms with E-state index in [1.54, 1.807) is 4.90 Å². The molecule has 0 aromatic carbocycles. The summed E-state index contributed by atoms with van der Waals surface area (Å²) in [6.07, 6.45) is 2.54. The van der Waals surface area contributed by atoms with E-state index in [4.69, 9.17) is 9.05 Å². The van der Waals surface area contributed by atoms with Crippen molar-refractivity contribution in [2.75, 3.05) is 6.54 Å². The molecule has 2 amide bonds. The second-order valence-corrected chi connectivity index (χ2v) is 4.84. The number of nitrogens with zero attached hydrogens (tertiary/aromatic N) is 4. The summed E-state index contributed by atoms with van der Waals surface area (Å²) < 4.78 is 9.95. The fourth-order valence-corrected chi connectivity index (χ4v) is 2.44. The molecule has 22 heavy (non-hydrogen) atoms. The first kappa shape index (κ1) is 14.2. The number of carbonyl (C=O) groups is 2. The normalized spacial score (nSPS) is 18.0. The van der Waals surface area contributed by atoms with Crippen LogP contribution in [-0.2, 0) is 11.3 Å². The van der Waals surface area contributed by atoms with Crippen molar-refractivity contribution in [3.63, 3.8) is 0 Å². The number of aromatic nitrogens is 3. The summed E-state index contributed by atoms with van der Waals surface area (Å²) in [5.41, 5.74) is 0. The molecule has 1 aliphatic rings. The van der Waals surface area contributed by atoms with E-state index in [0.717, 1.165) is 0 Å². The Labute approximate surface area is 125 Å². The molecule has 0 saturated carbocycles. The van der Waals surface area contributed by atoms with Crippen LogP contribution in [0.25, 0.3) is 0 Å². The van der Waals surface area contributed by atoms with Gasteiger partial charge in [-0.2, -0.15) is 4.98 Å². The molecule has 0 aliphatic carbocycles. The highest BCUT2D eigenvalue weighted by Gasteiger charge is 2.34. The highest BCUT2D eigenvalue weighted by Crippen LogP contribution is 2.31. The topological polar surface area (TPSA) is 114 Å². The zero-order valence-electron chi connectivity index (χ0n) is 12.0. The van der Waals surface area contributed by atoms with Crippen LogP contribution >= 0.6 is 0 Å². The van der Waals surface area contributed by atoms with Crippen molar-refractivity contribution in [3.05, 3.63) is 29.7 Å². The molecule has 0 radical (unpaired) electrons. The molecule has 9 nitrogen and oxygen atoms in total. The lowest BCUT2D eigenvalue weighted by molar-refractivity contribution is -0.129. The van der Waals surface area contributed by atoms with Crippen molar-refractivity contribution in [2.45, 2.75) is 32.4 Å². The van der Waals surface area contributed by atoms with Gasteiger partial charge in [-0.05, 0) is 13.3 Å². The van der Waals surface area contributed by atoms with Crippen LogP contribution < -0.4 is 5.32 Å². The van der Waals surface area contributed by atoms with Crippen molar-refractivity contribution in [3.8, 4) is 0 Å². The second kappa shape index (κ2) is 5.96. The molecular weight excluding hydrogens is 290 g/mol. The lowest BCUT2D eigenvalue weighted by atomic mass is 10.2. The first-order chi connectivity index (χ1) is 10.7. The SMILES string of the molecule is CCN1C(=O)CC[C@H]1c1nc(CNC(=O)c2ccno2)no1. The molecule has 0 bridgehead atoms. The van der Waals surface area contributed by atoms with Gasteiger partial charge < -0.3 is 19.3 Å². The molecule has 1 atom stereocenters. The molecule has 1 fully saturated rings. The maximum Gasteiger partial charge on any atom is 0.290 e. The monoisotopic (exact) mass is 305 g/mol. The Hall–Kier alpha value is -2.71. The third-order valence-corrected chi connectivity index (χ3v) is 3.51. The molecule has 2 aromatic heterocycles. The summed E-state index contributed by atoms with van der Waals surface area (Å²) in [5, 5.41) is 9.88. The Morgan fingerprint density at radius 2 is 2.36 bits per heavy atom. The van der Waals surface area contributed by atoms with Gasteiger partial charge >= 0.3 is 0 Å². The molecule has 116 valence electrons. The number of carbonyl (C=O) groups excluding carboxylic acids is 2. The maximum atomic E-state index is 11.7. The Bertz CT molecular complexity index is 666. The average molecular weight is 305 g/mol. The minimum atomic E-state index is -0.407. The molecule has 2 aromatic rings. The Morgan fingerprint density at radius 3 is 3.09 bits per heavy atom. The Balaban J connectivity index is 1.62. The maximum absolute atomic E-state index is 11.7. The number of amides is 2. The van der Waals surface area contributed by atoms with Gasteiger partial charge in [0.25, 0.3) is 5.91 Å². The largest absolute Gasteiger partial charge is 0.351 e. The van der Waals surface area contributed by atoms with Crippen LogP contribution in [0, 0.1) is 0 Å². The molecule has 0 unspecified atom stereocenters. The van der Waals surface area contributed by atoms with E-state index in [9.17, 15) is 9.59 Å². The van der Waals surface area contributed by atoms with Crippen LogP contribution in [0.5, 0.6) is 0 Å². The fourth-order valence-electron chi connectivity index (χ4n) is 2.44. The molecule has 1 saturated heterocycles. The quantitative estimate of drug-likeness (QED) is 0.863. The van der Waals surface area contributed by atoms with Gasteiger partial charge in [-0.1, -0.05) is 10.3 Å². The van der Waals surface area contributed by atoms with Crippen LogP contribution in [0.15, 0.2) is 21.3 Å². The van der Waals surface area contributed by atoms with Crippen LogP contribution in [0.2, 0.25) is 0 Å². The van der Waals surface area contributed by atoms with Gasteiger partial charge in [0.05, 0.1) is 12.7 Å². The van der Waals surface area contributed by atoms with Crippen LogP contribution in [0.1, 0.15) is 48.1 Å². The lowest BCUT2D eigenvalue weighted by Crippen LogP contribution is -2.27. The van der Waals surface area contributed by atoms with E-state index < -0.39 is 5.91 Å². The second-order valence-electron chi connectivity index (χ2n) is 4.84. The van der Waals surface area contributed by atoms with Crippen LogP contribution in [-0.4, -0.2) is 38.6 Å². The minimum absolute atomic E-state index is 0.0888. The van der Waals surface area contributed by atoms with E-state index in [0.29, 0.717) is 31.1 Å². The Kier molecular flexibility index (Phi) is 3.86. The van der Waals surface area contributed by atoms with Crippen LogP contribution in [0.4, 0.5) is 0 Å². The van der Waals surface area contributed by atoms with Crippen molar-refractivity contribution in [1.82, 2.24) is 25.5 Å². The highest BCUT2D eigenvalue weighted by atomic mass is 16.5. The Morgan fingerprint density at radius 1 is 1.50 bits per heavy atom. The van der Waals surface area contributed by atoms with Crippen molar-refractivity contribution < 1.29 is 18.6 Å². The van der Waals surface area contributed by atoms with E-state index in [-0.39, 0.29) is 24.3 Å². The number of hydrogen-bond donors (Lipinski definition) is 1. The van der Waals surface area contributed by atoms with Crippen molar-refractivity contribution in [1.29, 1.82) is 0 Å². The summed E-state index contributed by atoms with van der Waals surface area (Å²) >= 11 is 0. The number of hydrogen-bond acceptors (Lipinski definition) is 7. The summed E-state index contributed by atoms with van der Waals surface area (Å²) in [4.78, 5) is 29.4. The molecule has 0 spiro atoms. The summed E-state index contributed by atoms with van der Waals surface area (Å²) in [7, 11) is 0. The standard InChI is InChI=1S/C13H15N5O4/c1-2-18-8(3-4-11(18)19)13-16-10(17-22-13)7-14-12(20)9-5-6-15-21-9/h5-6,8H,2-4,7H2,1H3,(H,14,20)/t8-/m0/s1. The summed E-state index contributed by atoms with van der Waals surface area (Å²) in [6, 6.07) is 1.28. The number of nitrogens with one attached hydrogen (secondary N) is 1. The number of rotatable bonds is 5. The lowest BCUT2D eigenvalue weighted by Gasteiger charge is -2.19. The van der Waals surface area contributed by atoms with Gasteiger partial charge in [0.1, 0.15) is 6.04 Å². The van der Waals surface area contributed by atoms with Gasteiger partial charge in [-0.25, -0.2) is 0 Å². The summed E-state index contributed by atoms with van der Waals surface area (Å²) in [5.74, 6) is 0.540. The van der Waals surface area contributed by atoms with Gasteiger partial charge in [0, 0.05) is 19.0 Å². The van der Waals surface area contributed by atoms with Crippen molar-refractivity contribution >= 4 is 11.8 Å². The molecular formula is C13H15N5O4. The predicted molar refractivity (Wildman–Crippen MR) is 71.3 cm³/mol. The van der Waals surface area contributed by atoms with E-state index in [2.05, 4.69) is 20.6 Å². The molecule has 1 N–H and O–H groups in total. The molecule has 3 heterocycles. The molecule has 1 aliphatic heterocycles. The zero-order valence-corrected chi connectivity index (χ0v) is 12.0. The third-order valence-electron chi connectivity index (χ3n) is 3.51. The third kappa shape index (κ3) is 2.69. The van der Waals surface area contributed by atoms with E-state index in [1.807, 2.05) is 6.92 Å². The van der Waals surface area contributed by atoms with Gasteiger partial charge in [-0.3, -0.25) is 9.59 Å². The first-order valence-electron chi connectivity index (χ1n) is 7.00. The molecule has 9 heteroatoms. The average Bonchev–Trinajstić information content (AvgIpc) is 3.25. The molecule has 3 rings (SSSR count). The van der Waals surface area contributed by atoms with E-state index in [1.165, 1.54) is 12.3 Å². The number of likely N-dealkylation sites (tertiary alicyclic amines) is 1. The van der Waals surface area contributed by atoms with E-state index >= 15 is 0 Å². The fraction of sp³-hybridized carbons (Fsp3) is 0.462. The van der Waals surface area contributed by atoms with Gasteiger partial charge in [0.15, 0.2) is 5.82 Å². The minimum Gasteiger partial charge on any atom is -0.351 e. The smallest absolute Gasteiger partial charge is 0.290 e.